The number of aliphatic carboxylic acids is 2. The Balaban J connectivity index is 4.95. The number of carboxylic acid groups (broad SMARTS) is 2. The van der Waals surface area contributed by atoms with Crippen LogP contribution in [-0.2, 0) is 24.0 Å². The molecule has 166 valence electrons. The van der Waals surface area contributed by atoms with Crippen molar-refractivity contribution in [2.24, 2.45) is 5.73 Å². The lowest BCUT2D eigenvalue weighted by atomic mass is 10.1. The van der Waals surface area contributed by atoms with Crippen molar-refractivity contribution in [3.8, 4) is 0 Å². The predicted octanol–water partition coefficient (Wildman–Crippen LogP) is -3.93. The lowest BCUT2D eigenvalue weighted by molar-refractivity contribution is -0.147. The van der Waals surface area contributed by atoms with E-state index in [1.807, 2.05) is 16.9 Å². The van der Waals surface area contributed by atoms with E-state index < -0.39 is 73.5 Å². The Morgan fingerprint density at radius 3 is 1.69 bits per heavy atom. The van der Waals surface area contributed by atoms with E-state index >= 15 is 0 Å². The molecule has 0 heterocycles. The van der Waals surface area contributed by atoms with Crippen molar-refractivity contribution < 1.29 is 44.4 Å². The first-order valence-corrected chi connectivity index (χ1v) is 9.78. The van der Waals surface area contributed by atoms with E-state index in [2.05, 4.69) is 5.32 Å². The molecule has 0 aromatic carbocycles. The molecule has 4 unspecified atom stereocenters. The van der Waals surface area contributed by atoms with Gasteiger partial charge in [0.05, 0.1) is 25.7 Å². The molecule has 0 aliphatic carbocycles. The fourth-order valence-electron chi connectivity index (χ4n) is 1.96. The smallest absolute Gasteiger partial charge is 0.326 e. The van der Waals surface area contributed by atoms with Gasteiger partial charge in [0.1, 0.15) is 18.1 Å². The van der Waals surface area contributed by atoms with Crippen molar-refractivity contribution in [1.29, 1.82) is 0 Å². The van der Waals surface area contributed by atoms with Crippen LogP contribution in [0.25, 0.3) is 0 Å². The molecule has 4 atom stereocenters. The van der Waals surface area contributed by atoms with Crippen LogP contribution in [-0.4, -0.2) is 99.5 Å². The second kappa shape index (κ2) is 13.7. The first-order valence-electron chi connectivity index (χ1n) is 8.39. The van der Waals surface area contributed by atoms with Gasteiger partial charge in [0.2, 0.25) is 17.7 Å². The number of carbonyl (C=O) groups excluding carboxylic acids is 3. The maximum atomic E-state index is 12.2. The lowest BCUT2D eigenvalue weighted by Crippen LogP contribution is -2.59. The second-order valence-corrected chi connectivity index (χ2v) is 6.86. The molecule has 0 aliphatic heterocycles. The van der Waals surface area contributed by atoms with E-state index in [-0.39, 0.29) is 0 Å². The average molecular weight is 438 g/mol. The third kappa shape index (κ3) is 10.1. The molecular formula is C15H26N4O9S. The number of aliphatic hydroxyl groups excluding tert-OH is 2. The number of nitrogens with two attached hydrogens (primary N) is 1. The highest BCUT2D eigenvalue weighted by atomic mass is 32.2. The molecule has 13 nitrogen and oxygen atoms in total. The first-order chi connectivity index (χ1) is 13.6. The fraction of sp³-hybridized carbons (Fsp3) is 0.667. The Morgan fingerprint density at radius 2 is 1.31 bits per heavy atom. The van der Waals surface area contributed by atoms with Gasteiger partial charge in [-0.1, -0.05) is 0 Å². The van der Waals surface area contributed by atoms with Crippen molar-refractivity contribution in [2.45, 2.75) is 37.0 Å². The summed E-state index contributed by atoms with van der Waals surface area (Å²) in [6, 6.07) is -5.82. The number of carbonyl (C=O) groups is 5. The standard InChI is InChI=1S/C15H26N4O9S/c1-29-3-2-7(16)12(24)18-9(5-20)14(26)19-10(6-21)13(25)17-8(15(27)28)4-11(22)23/h7-10,20-21H,2-6,16H2,1H3,(H,17,25)(H,18,24)(H,19,26)(H,22,23)(H,27,28). The highest BCUT2D eigenvalue weighted by Crippen LogP contribution is 2.00. The van der Waals surface area contributed by atoms with Crippen LogP contribution in [0.3, 0.4) is 0 Å². The summed E-state index contributed by atoms with van der Waals surface area (Å²) < 4.78 is 0. The van der Waals surface area contributed by atoms with Gasteiger partial charge in [-0.05, 0) is 18.4 Å². The van der Waals surface area contributed by atoms with Gasteiger partial charge >= 0.3 is 11.9 Å². The van der Waals surface area contributed by atoms with E-state index in [1.165, 1.54) is 11.8 Å². The van der Waals surface area contributed by atoms with Crippen LogP contribution in [0.1, 0.15) is 12.8 Å². The summed E-state index contributed by atoms with van der Waals surface area (Å²) in [4.78, 5) is 57.8. The van der Waals surface area contributed by atoms with Crippen molar-refractivity contribution in [3.05, 3.63) is 0 Å². The van der Waals surface area contributed by atoms with Crippen molar-refractivity contribution in [2.75, 3.05) is 25.2 Å². The van der Waals surface area contributed by atoms with Crippen LogP contribution in [0.5, 0.6) is 0 Å². The van der Waals surface area contributed by atoms with Crippen LogP contribution in [0.2, 0.25) is 0 Å². The zero-order valence-electron chi connectivity index (χ0n) is 15.7. The molecule has 0 saturated carbocycles. The summed E-state index contributed by atoms with van der Waals surface area (Å²) in [7, 11) is 0. The van der Waals surface area contributed by atoms with E-state index in [9.17, 15) is 34.2 Å². The molecule has 0 radical (unpaired) electrons. The van der Waals surface area contributed by atoms with Crippen LogP contribution in [0, 0.1) is 0 Å². The monoisotopic (exact) mass is 438 g/mol. The topological polar surface area (TPSA) is 228 Å². The maximum absolute atomic E-state index is 12.2. The molecule has 0 aliphatic rings. The van der Waals surface area contributed by atoms with E-state index in [1.54, 1.807) is 0 Å². The average Bonchev–Trinajstić information content (AvgIpc) is 2.66. The Kier molecular flexibility index (Phi) is 12.6. The largest absolute Gasteiger partial charge is 0.481 e. The highest BCUT2D eigenvalue weighted by Gasteiger charge is 2.30. The van der Waals surface area contributed by atoms with Crippen LogP contribution in [0.15, 0.2) is 0 Å². The van der Waals surface area contributed by atoms with Crippen LogP contribution < -0.4 is 21.7 Å². The van der Waals surface area contributed by atoms with Gasteiger partial charge in [0.25, 0.3) is 0 Å². The summed E-state index contributed by atoms with van der Waals surface area (Å²) in [5, 5.41) is 42.3. The number of thioether (sulfide) groups is 1. The molecule has 0 fully saturated rings. The SMILES string of the molecule is CSCCC(N)C(=O)NC(CO)C(=O)NC(CO)C(=O)NC(CC(=O)O)C(=O)O. The molecule has 9 N–H and O–H groups in total. The fourth-order valence-corrected chi connectivity index (χ4v) is 2.45. The Hall–Kier alpha value is -2.42. The van der Waals surface area contributed by atoms with Crippen LogP contribution in [0.4, 0.5) is 0 Å². The Morgan fingerprint density at radius 1 is 0.862 bits per heavy atom. The molecule has 0 aromatic rings. The Labute approximate surface area is 170 Å². The summed E-state index contributed by atoms with van der Waals surface area (Å²) in [5.41, 5.74) is 5.66. The summed E-state index contributed by atoms with van der Waals surface area (Å²) >= 11 is 1.46. The quantitative estimate of drug-likeness (QED) is 0.130. The first kappa shape index (κ1) is 26.6. The van der Waals surface area contributed by atoms with Crippen LogP contribution >= 0.6 is 11.8 Å². The van der Waals surface area contributed by atoms with Crippen molar-refractivity contribution in [1.82, 2.24) is 16.0 Å². The molecule has 0 bridgehead atoms. The molecule has 0 aromatic heterocycles. The zero-order valence-corrected chi connectivity index (χ0v) is 16.5. The summed E-state index contributed by atoms with van der Waals surface area (Å²) in [6.45, 7) is -1.78. The van der Waals surface area contributed by atoms with Gasteiger partial charge in [-0.2, -0.15) is 11.8 Å². The van der Waals surface area contributed by atoms with Gasteiger partial charge in [-0.25, -0.2) is 4.79 Å². The maximum Gasteiger partial charge on any atom is 0.326 e. The minimum absolute atomic E-state index is 0.328. The van der Waals surface area contributed by atoms with Crippen molar-refractivity contribution >= 4 is 41.4 Å². The number of rotatable bonds is 14. The number of hydrogen-bond donors (Lipinski definition) is 8. The summed E-state index contributed by atoms with van der Waals surface area (Å²) in [5.74, 6) is -5.40. The summed E-state index contributed by atoms with van der Waals surface area (Å²) in [6.07, 6.45) is 1.23. The lowest BCUT2D eigenvalue weighted by Gasteiger charge is -2.23. The van der Waals surface area contributed by atoms with E-state index in [0.29, 0.717) is 12.2 Å². The predicted molar refractivity (Wildman–Crippen MR) is 101 cm³/mol. The highest BCUT2D eigenvalue weighted by molar-refractivity contribution is 7.98. The number of hydrogen-bond acceptors (Lipinski definition) is 9. The third-order valence-electron chi connectivity index (χ3n) is 3.59. The molecule has 0 rings (SSSR count). The molecule has 3 amide bonds. The molecule has 0 spiro atoms. The van der Waals surface area contributed by atoms with Gasteiger partial charge in [0.15, 0.2) is 0 Å². The van der Waals surface area contributed by atoms with E-state index in [0.717, 1.165) is 0 Å². The van der Waals surface area contributed by atoms with Crippen molar-refractivity contribution in [3.63, 3.8) is 0 Å². The third-order valence-corrected chi connectivity index (χ3v) is 4.24. The van der Waals surface area contributed by atoms with Gasteiger partial charge in [-0.3, -0.25) is 19.2 Å². The molecule has 29 heavy (non-hydrogen) atoms. The van der Waals surface area contributed by atoms with Gasteiger partial charge in [0, 0.05) is 0 Å². The van der Waals surface area contributed by atoms with Gasteiger partial charge in [-0.15, -0.1) is 0 Å². The minimum Gasteiger partial charge on any atom is -0.481 e. The van der Waals surface area contributed by atoms with E-state index in [4.69, 9.17) is 15.9 Å². The molecule has 0 saturated heterocycles. The zero-order chi connectivity index (χ0) is 22.6. The number of nitrogens with one attached hydrogen (secondary N) is 3. The van der Waals surface area contributed by atoms with Gasteiger partial charge < -0.3 is 42.1 Å². The Bertz CT molecular complexity index is 604. The number of aliphatic hydroxyl groups is 2. The second-order valence-electron chi connectivity index (χ2n) is 5.87. The number of carboxylic acids is 2. The molecule has 14 heteroatoms. The molecular weight excluding hydrogens is 412 g/mol. The number of amides is 3. The minimum atomic E-state index is -1.78. The normalized spacial score (nSPS) is 14.8.